The van der Waals surface area contributed by atoms with Crippen molar-refractivity contribution in [1.29, 1.82) is 0 Å². The first kappa shape index (κ1) is 20.6. The fourth-order valence-corrected chi connectivity index (χ4v) is 3.75. The summed E-state index contributed by atoms with van der Waals surface area (Å²) >= 11 is 0. The number of aryl methyl sites for hydroxylation is 1. The van der Waals surface area contributed by atoms with Gasteiger partial charge < -0.3 is 14.2 Å². The first-order valence-corrected chi connectivity index (χ1v) is 9.81. The molecule has 154 valence electrons. The molecule has 0 saturated carbocycles. The fraction of sp³-hybridized carbons (Fsp3) is 0.409. The first-order valence-electron chi connectivity index (χ1n) is 9.81. The number of amides is 1. The Kier molecular flexibility index (Phi) is 6.36. The van der Waals surface area contributed by atoms with Gasteiger partial charge in [-0.1, -0.05) is 25.0 Å². The minimum Gasteiger partial charge on any atom is -0.497 e. The summed E-state index contributed by atoms with van der Waals surface area (Å²) in [6.07, 6.45) is 8.38. The van der Waals surface area contributed by atoms with Crippen LogP contribution < -0.4 is 16.0 Å². The van der Waals surface area contributed by atoms with Gasteiger partial charge in [0.25, 0.3) is 5.56 Å². The molecule has 1 aliphatic heterocycles. The van der Waals surface area contributed by atoms with Crippen LogP contribution in [0.15, 0.2) is 46.1 Å². The van der Waals surface area contributed by atoms with Crippen LogP contribution in [0.5, 0.6) is 5.75 Å². The first-order chi connectivity index (χ1) is 13.9. The van der Waals surface area contributed by atoms with Crippen molar-refractivity contribution in [2.24, 2.45) is 14.1 Å². The van der Waals surface area contributed by atoms with Crippen molar-refractivity contribution in [3.63, 3.8) is 0 Å². The topological polar surface area (TPSA) is 73.5 Å². The summed E-state index contributed by atoms with van der Waals surface area (Å²) in [4.78, 5) is 39.0. The van der Waals surface area contributed by atoms with Crippen LogP contribution >= 0.6 is 0 Å². The highest BCUT2D eigenvalue weighted by molar-refractivity contribution is 5.92. The Morgan fingerprint density at radius 2 is 1.83 bits per heavy atom. The third-order valence-electron chi connectivity index (χ3n) is 5.41. The van der Waals surface area contributed by atoms with E-state index < -0.39 is 11.2 Å². The highest BCUT2D eigenvalue weighted by Crippen LogP contribution is 2.31. The van der Waals surface area contributed by atoms with Crippen LogP contribution in [-0.4, -0.2) is 33.6 Å². The van der Waals surface area contributed by atoms with Gasteiger partial charge >= 0.3 is 5.69 Å². The third kappa shape index (κ3) is 4.50. The number of carbonyl (C=O) groups excluding carboxylic acids is 1. The largest absolute Gasteiger partial charge is 0.497 e. The predicted molar refractivity (Wildman–Crippen MR) is 112 cm³/mol. The molecule has 0 N–H and O–H groups in total. The summed E-state index contributed by atoms with van der Waals surface area (Å²) < 4.78 is 7.60. The zero-order valence-corrected chi connectivity index (χ0v) is 17.1. The maximum Gasteiger partial charge on any atom is 0.330 e. The van der Waals surface area contributed by atoms with Crippen molar-refractivity contribution in [2.45, 2.75) is 31.7 Å². The van der Waals surface area contributed by atoms with E-state index >= 15 is 0 Å². The highest BCUT2D eigenvalue weighted by Gasteiger charge is 2.25. The molecule has 0 spiro atoms. The molecule has 2 aromatic rings. The van der Waals surface area contributed by atoms with Gasteiger partial charge in [0.15, 0.2) is 0 Å². The summed E-state index contributed by atoms with van der Waals surface area (Å²) in [7, 11) is 4.64. The SMILES string of the molecule is COc1ccc(C2CCCCCN2C(=O)C=Cc2cn(C)c(=O)n(C)c2=O)cc1. The molecule has 0 bridgehead atoms. The van der Waals surface area contributed by atoms with Crippen molar-refractivity contribution in [1.82, 2.24) is 14.0 Å². The number of methoxy groups -OCH3 is 1. The second-order valence-electron chi connectivity index (χ2n) is 7.35. The Morgan fingerprint density at radius 1 is 1.10 bits per heavy atom. The molecule has 0 aliphatic carbocycles. The summed E-state index contributed by atoms with van der Waals surface area (Å²) in [6, 6.07) is 7.81. The van der Waals surface area contributed by atoms with Crippen LogP contribution in [0.25, 0.3) is 6.08 Å². The molecule has 1 aromatic carbocycles. The van der Waals surface area contributed by atoms with Gasteiger partial charge in [0, 0.05) is 32.9 Å². The van der Waals surface area contributed by atoms with E-state index in [1.165, 1.54) is 30.0 Å². The van der Waals surface area contributed by atoms with Gasteiger partial charge in [-0.25, -0.2) is 4.79 Å². The van der Waals surface area contributed by atoms with Crippen LogP contribution in [0.2, 0.25) is 0 Å². The van der Waals surface area contributed by atoms with E-state index in [1.807, 2.05) is 29.2 Å². The van der Waals surface area contributed by atoms with Crippen molar-refractivity contribution < 1.29 is 9.53 Å². The molecule has 1 saturated heterocycles. The summed E-state index contributed by atoms with van der Waals surface area (Å²) in [6.45, 7) is 0.672. The van der Waals surface area contributed by atoms with Crippen LogP contribution in [0.3, 0.4) is 0 Å². The van der Waals surface area contributed by atoms with E-state index in [0.29, 0.717) is 12.1 Å². The quantitative estimate of drug-likeness (QED) is 0.742. The lowest BCUT2D eigenvalue weighted by Crippen LogP contribution is -2.37. The average Bonchev–Trinajstić information content (AvgIpc) is 3.00. The van der Waals surface area contributed by atoms with Crippen LogP contribution in [-0.2, 0) is 18.9 Å². The standard InChI is InChI=1S/C22H27N3O4/c1-23-15-17(21(27)24(2)22(23)28)10-13-20(26)25-14-6-4-5-7-19(25)16-8-11-18(29-3)12-9-16/h8-13,15,19H,4-7,14H2,1-3H3. The number of nitrogens with zero attached hydrogens (tertiary/aromatic N) is 3. The summed E-state index contributed by atoms with van der Waals surface area (Å²) in [5.41, 5.74) is 0.566. The van der Waals surface area contributed by atoms with E-state index in [-0.39, 0.29) is 11.9 Å². The lowest BCUT2D eigenvalue weighted by molar-refractivity contribution is -0.128. The van der Waals surface area contributed by atoms with E-state index in [1.54, 1.807) is 14.2 Å². The molecule has 1 atom stereocenters. The molecule has 7 heteroatoms. The van der Waals surface area contributed by atoms with Gasteiger partial charge in [0.1, 0.15) is 5.75 Å². The van der Waals surface area contributed by atoms with E-state index in [9.17, 15) is 14.4 Å². The van der Waals surface area contributed by atoms with Crippen LogP contribution in [0.1, 0.15) is 42.9 Å². The zero-order chi connectivity index (χ0) is 21.0. The molecule has 3 rings (SSSR count). The van der Waals surface area contributed by atoms with E-state index in [4.69, 9.17) is 4.74 Å². The molecule has 1 fully saturated rings. The molecule has 1 aromatic heterocycles. The van der Waals surface area contributed by atoms with Crippen molar-refractivity contribution in [2.75, 3.05) is 13.7 Å². The second-order valence-corrected chi connectivity index (χ2v) is 7.35. The second kappa shape index (κ2) is 8.94. The Labute approximate surface area is 169 Å². The number of aromatic nitrogens is 2. The van der Waals surface area contributed by atoms with Crippen LogP contribution in [0.4, 0.5) is 0 Å². The van der Waals surface area contributed by atoms with Gasteiger partial charge in [-0.05, 0) is 36.6 Å². The molecule has 2 heterocycles. The third-order valence-corrected chi connectivity index (χ3v) is 5.41. The Balaban J connectivity index is 1.87. The Bertz CT molecular complexity index is 1020. The van der Waals surface area contributed by atoms with Crippen molar-refractivity contribution in [3.05, 3.63) is 68.5 Å². The molecular weight excluding hydrogens is 370 g/mol. The minimum absolute atomic E-state index is 0.0106. The molecule has 29 heavy (non-hydrogen) atoms. The smallest absolute Gasteiger partial charge is 0.330 e. The van der Waals surface area contributed by atoms with Gasteiger partial charge in [-0.15, -0.1) is 0 Å². The number of hydrogen-bond donors (Lipinski definition) is 0. The monoisotopic (exact) mass is 397 g/mol. The summed E-state index contributed by atoms with van der Waals surface area (Å²) in [5.74, 6) is 0.648. The summed E-state index contributed by atoms with van der Waals surface area (Å²) in [5, 5.41) is 0. The number of rotatable bonds is 4. The van der Waals surface area contributed by atoms with E-state index in [0.717, 1.165) is 41.6 Å². The lowest BCUT2D eigenvalue weighted by Gasteiger charge is -2.29. The lowest BCUT2D eigenvalue weighted by atomic mass is 10.0. The van der Waals surface area contributed by atoms with E-state index in [2.05, 4.69) is 0 Å². The van der Waals surface area contributed by atoms with Crippen molar-refractivity contribution in [3.8, 4) is 5.75 Å². The van der Waals surface area contributed by atoms with Gasteiger partial charge in [-0.2, -0.15) is 0 Å². The number of likely N-dealkylation sites (tertiary alicyclic amines) is 1. The van der Waals surface area contributed by atoms with Crippen LogP contribution in [0, 0.1) is 0 Å². The molecule has 1 unspecified atom stereocenters. The molecule has 7 nitrogen and oxygen atoms in total. The van der Waals surface area contributed by atoms with Gasteiger partial charge in [0.2, 0.25) is 5.91 Å². The minimum atomic E-state index is -0.417. The van der Waals surface area contributed by atoms with Crippen molar-refractivity contribution >= 4 is 12.0 Å². The van der Waals surface area contributed by atoms with Gasteiger partial charge in [0.05, 0.1) is 18.7 Å². The number of benzene rings is 1. The Morgan fingerprint density at radius 3 is 2.52 bits per heavy atom. The fourth-order valence-electron chi connectivity index (χ4n) is 3.75. The normalized spacial score (nSPS) is 17.3. The molecule has 1 aliphatic rings. The maximum atomic E-state index is 13.0. The maximum absolute atomic E-state index is 13.0. The number of hydrogen-bond acceptors (Lipinski definition) is 4. The number of ether oxygens (including phenoxy) is 1. The zero-order valence-electron chi connectivity index (χ0n) is 17.1. The number of carbonyl (C=O) groups is 1. The molecule has 1 amide bonds. The average molecular weight is 397 g/mol. The molecule has 0 radical (unpaired) electrons. The highest BCUT2D eigenvalue weighted by atomic mass is 16.5. The van der Waals surface area contributed by atoms with Gasteiger partial charge in [-0.3, -0.25) is 14.2 Å². The molecular formula is C22H27N3O4. The Hall–Kier alpha value is -3.09. The predicted octanol–water partition coefficient (Wildman–Crippen LogP) is 2.25.